The van der Waals surface area contributed by atoms with E-state index in [4.69, 9.17) is 0 Å². The second-order valence-corrected chi connectivity index (χ2v) is 16.7. The maximum absolute atomic E-state index is 14.9. The molecule has 0 aromatic heterocycles. The van der Waals surface area contributed by atoms with Crippen LogP contribution in [-0.4, -0.2) is 134 Å². The SMILES string of the molecule is CN1CCCC1[N+](C)(C(=O)c1ccccc1SSc1ccccc1C(=O)[N+](C)(C1CCCN1C)C1CCCN1C)C1CCCN1C. The first kappa shape index (κ1) is 34.1. The van der Waals surface area contributed by atoms with Gasteiger partial charge in [-0.2, -0.15) is 0 Å². The van der Waals surface area contributed by atoms with E-state index in [1.165, 1.54) is 0 Å². The van der Waals surface area contributed by atoms with Crippen LogP contribution in [0.25, 0.3) is 0 Å². The molecule has 8 nitrogen and oxygen atoms in total. The van der Waals surface area contributed by atoms with Gasteiger partial charge in [-0.15, -0.1) is 0 Å². The van der Waals surface area contributed by atoms with Gasteiger partial charge in [0, 0.05) is 61.7 Å². The predicted molar refractivity (Wildman–Crippen MR) is 188 cm³/mol. The summed E-state index contributed by atoms with van der Waals surface area (Å²) < 4.78 is 0.786. The standard InChI is InChI=1S/C36H54N6O2S2/c1-37-23-11-19-31(37)41(5,32-20-12-24-38(32)2)35(43)27-15-7-9-17-29(27)45-46-30-18-10-8-16-28(30)36(44)42(6,33-21-13-25-39(33)3)34-22-14-26-40(34)4/h7-10,15-18,31-34H,11-14,19-26H2,1-6H3/q+2. The Labute approximate surface area is 284 Å². The molecular formula is C36H54N6O2S2+2. The molecule has 0 bridgehead atoms. The first-order valence-electron chi connectivity index (χ1n) is 17.2. The number of carbonyl (C=O) groups excluding carboxylic acids is 2. The Hall–Kier alpha value is -1.76. The summed E-state index contributed by atoms with van der Waals surface area (Å²) in [5.74, 6) is 0.395. The van der Waals surface area contributed by atoms with Gasteiger partial charge in [-0.05, 0) is 78.1 Å². The van der Waals surface area contributed by atoms with Crippen molar-refractivity contribution < 1.29 is 18.6 Å². The fraction of sp³-hybridized carbons (Fsp3) is 0.611. The quantitative estimate of drug-likeness (QED) is 0.244. The lowest BCUT2D eigenvalue weighted by Gasteiger charge is -2.46. The molecule has 4 saturated heterocycles. The molecule has 2 amide bonds. The van der Waals surface area contributed by atoms with Gasteiger partial charge in [-0.1, -0.05) is 45.9 Å². The molecule has 46 heavy (non-hydrogen) atoms. The molecule has 0 aliphatic carbocycles. The highest BCUT2D eigenvalue weighted by Crippen LogP contribution is 2.44. The highest BCUT2D eigenvalue weighted by atomic mass is 33.1. The number of nitrogens with zero attached hydrogens (tertiary/aromatic N) is 6. The summed E-state index contributed by atoms with van der Waals surface area (Å²) in [6, 6.07) is 16.3. The summed E-state index contributed by atoms with van der Waals surface area (Å²) in [6.45, 7) is 4.13. The average Bonchev–Trinajstić information content (AvgIpc) is 3.88. The molecule has 4 atom stereocenters. The third-order valence-electron chi connectivity index (χ3n) is 11.7. The zero-order valence-corrected chi connectivity index (χ0v) is 30.4. The first-order valence-corrected chi connectivity index (χ1v) is 19.4. The van der Waals surface area contributed by atoms with E-state index in [2.05, 4.69) is 74.0 Å². The van der Waals surface area contributed by atoms with Gasteiger partial charge in [-0.25, -0.2) is 18.6 Å². The predicted octanol–water partition coefficient (Wildman–Crippen LogP) is 5.87. The molecule has 4 aliphatic rings. The average molecular weight is 667 g/mol. The van der Waals surface area contributed by atoms with Crippen molar-refractivity contribution in [2.45, 2.75) is 85.8 Å². The van der Waals surface area contributed by atoms with E-state index >= 15 is 0 Å². The normalized spacial score (nSPS) is 29.3. The maximum atomic E-state index is 14.9. The Morgan fingerprint density at radius 1 is 0.543 bits per heavy atom. The summed E-state index contributed by atoms with van der Waals surface area (Å²) >= 11 is 0. The number of hydrogen-bond acceptors (Lipinski definition) is 8. The van der Waals surface area contributed by atoms with Gasteiger partial charge in [-0.3, -0.25) is 19.6 Å². The van der Waals surface area contributed by atoms with Crippen LogP contribution in [-0.2, 0) is 0 Å². The molecule has 2 aromatic rings. The van der Waals surface area contributed by atoms with Crippen molar-refractivity contribution in [3.05, 3.63) is 59.7 Å². The van der Waals surface area contributed by atoms with Gasteiger partial charge in [0.1, 0.15) is 0 Å². The van der Waals surface area contributed by atoms with Gasteiger partial charge >= 0.3 is 11.8 Å². The van der Waals surface area contributed by atoms with Gasteiger partial charge < -0.3 is 0 Å². The summed E-state index contributed by atoms with van der Waals surface area (Å²) in [4.78, 5) is 41.2. The lowest BCUT2D eigenvalue weighted by atomic mass is 10.1. The second kappa shape index (κ2) is 14.0. The van der Waals surface area contributed by atoms with E-state index in [0.717, 1.165) is 98.5 Å². The largest absolute Gasteiger partial charge is 0.349 e. The van der Waals surface area contributed by atoms with Crippen LogP contribution in [0.2, 0.25) is 0 Å². The summed E-state index contributed by atoms with van der Waals surface area (Å²) in [7, 11) is 16.3. The van der Waals surface area contributed by atoms with Gasteiger partial charge in [0.25, 0.3) is 0 Å². The van der Waals surface area contributed by atoms with E-state index in [0.29, 0.717) is 8.97 Å². The molecule has 0 N–H and O–H groups in total. The Balaban J connectivity index is 1.30. The minimum absolute atomic E-state index is 0.167. The molecule has 4 fully saturated rings. The Kier molecular flexibility index (Phi) is 10.4. The highest BCUT2D eigenvalue weighted by molar-refractivity contribution is 8.76. The lowest BCUT2D eigenvalue weighted by Crippen LogP contribution is -2.67. The van der Waals surface area contributed by atoms with Crippen molar-refractivity contribution in [2.75, 3.05) is 68.5 Å². The number of quaternary nitrogens is 2. The Morgan fingerprint density at radius 2 is 0.826 bits per heavy atom. The maximum Gasteiger partial charge on any atom is 0.349 e. The molecule has 2 aromatic carbocycles. The van der Waals surface area contributed by atoms with Crippen LogP contribution in [0.15, 0.2) is 58.3 Å². The van der Waals surface area contributed by atoms with Crippen LogP contribution in [0, 0.1) is 0 Å². The molecule has 250 valence electrons. The number of hydrogen-bond donors (Lipinski definition) is 0. The minimum Gasteiger partial charge on any atom is -0.257 e. The van der Waals surface area contributed by atoms with Gasteiger partial charge in [0.2, 0.25) is 0 Å². The number of likely N-dealkylation sites (tertiary alicyclic amines) is 4. The first-order chi connectivity index (χ1) is 22.1. The number of benzene rings is 2. The molecule has 4 heterocycles. The zero-order valence-electron chi connectivity index (χ0n) is 28.7. The van der Waals surface area contributed by atoms with Crippen LogP contribution in [0.3, 0.4) is 0 Å². The van der Waals surface area contributed by atoms with E-state index in [-0.39, 0.29) is 36.5 Å². The molecule has 0 radical (unpaired) electrons. The van der Waals surface area contributed by atoms with Crippen LogP contribution in [0.4, 0.5) is 0 Å². The fourth-order valence-electron chi connectivity index (χ4n) is 9.26. The van der Waals surface area contributed by atoms with Crippen molar-refractivity contribution in [1.29, 1.82) is 0 Å². The van der Waals surface area contributed by atoms with E-state index in [1.54, 1.807) is 21.6 Å². The topological polar surface area (TPSA) is 47.1 Å². The molecule has 4 aliphatic heterocycles. The highest BCUT2D eigenvalue weighted by Gasteiger charge is 2.54. The van der Waals surface area contributed by atoms with Crippen molar-refractivity contribution in [3.8, 4) is 0 Å². The van der Waals surface area contributed by atoms with Crippen LogP contribution in [0.5, 0.6) is 0 Å². The second-order valence-electron chi connectivity index (χ2n) is 14.5. The smallest absolute Gasteiger partial charge is 0.257 e. The summed E-state index contributed by atoms with van der Waals surface area (Å²) in [5, 5.41) is 0. The molecular weight excluding hydrogens is 613 g/mol. The van der Waals surface area contributed by atoms with E-state index < -0.39 is 0 Å². The third kappa shape index (κ3) is 6.02. The monoisotopic (exact) mass is 666 g/mol. The van der Waals surface area contributed by atoms with E-state index in [1.807, 2.05) is 36.4 Å². The van der Waals surface area contributed by atoms with E-state index in [9.17, 15) is 9.59 Å². The molecule has 4 unspecified atom stereocenters. The van der Waals surface area contributed by atoms with Crippen molar-refractivity contribution in [3.63, 3.8) is 0 Å². The van der Waals surface area contributed by atoms with Crippen molar-refractivity contribution in [1.82, 2.24) is 19.6 Å². The Bertz CT molecular complexity index is 1280. The van der Waals surface area contributed by atoms with Gasteiger partial charge in [0.15, 0.2) is 24.7 Å². The third-order valence-corrected chi connectivity index (χ3v) is 14.2. The fourth-order valence-corrected chi connectivity index (χ4v) is 11.6. The van der Waals surface area contributed by atoms with Crippen LogP contribution in [0.1, 0.15) is 72.1 Å². The van der Waals surface area contributed by atoms with Crippen molar-refractivity contribution in [2.24, 2.45) is 0 Å². The number of carbonyl (C=O) groups is 2. The number of rotatable bonds is 9. The molecule has 0 spiro atoms. The summed E-state index contributed by atoms with van der Waals surface area (Å²) in [5.41, 5.74) is 1.57. The Morgan fingerprint density at radius 3 is 1.09 bits per heavy atom. The summed E-state index contributed by atoms with van der Waals surface area (Å²) in [6.07, 6.45) is 9.30. The lowest BCUT2D eigenvalue weighted by molar-refractivity contribution is -0.900. The zero-order chi connectivity index (χ0) is 32.6. The van der Waals surface area contributed by atoms with Crippen molar-refractivity contribution >= 4 is 33.4 Å². The van der Waals surface area contributed by atoms with Crippen LogP contribution < -0.4 is 0 Å². The van der Waals surface area contributed by atoms with Gasteiger partial charge in [0.05, 0.1) is 25.2 Å². The molecule has 0 saturated carbocycles. The van der Waals surface area contributed by atoms with Crippen LogP contribution >= 0.6 is 21.6 Å². The molecule has 6 rings (SSSR count). The number of amides is 2. The molecule has 10 heteroatoms. The minimum atomic E-state index is 0.167.